The van der Waals surface area contributed by atoms with Crippen molar-refractivity contribution in [3.8, 4) is 0 Å². The summed E-state index contributed by atoms with van der Waals surface area (Å²) in [5, 5.41) is 137. The highest BCUT2D eigenvalue weighted by Gasteiger charge is 2.66. The third-order valence-corrected chi connectivity index (χ3v) is 22.1. The van der Waals surface area contributed by atoms with Gasteiger partial charge in [0.1, 0.15) is 110 Å². The molecule has 27 nitrogen and oxygen atoms in total. The third-order valence-electron chi connectivity index (χ3n) is 22.1. The largest absolute Gasteiger partial charge is 0.394 e. The Labute approximate surface area is 519 Å². The fraction of sp³-hybridized carbons (Fsp3) is 0.887. The van der Waals surface area contributed by atoms with Gasteiger partial charge in [-0.15, -0.1) is 0 Å². The zero-order chi connectivity index (χ0) is 65.1. The molecule has 14 N–H and O–H groups in total. The Bertz CT molecular complexity index is 2520. The second kappa shape index (κ2) is 27.9. The monoisotopic (exact) mass is 1270 g/mol. The lowest BCUT2D eigenvalue weighted by Gasteiger charge is -2.64. The number of fused-ring (bicyclic) bond motifs is 5. The van der Waals surface area contributed by atoms with Crippen LogP contribution in [0.5, 0.6) is 0 Å². The molecule has 5 aliphatic heterocycles. The zero-order valence-electron chi connectivity index (χ0n) is 52.7. The molecule has 5 heterocycles. The summed E-state index contributed by atoms with van der Waals surface area (Å²) in [6.07, 6.45) is -25.1. The molecule has 0 aromatic heterocycles. The van der Waals surface area contributed by atoms with Gasteiger partial charge in [-0.1, -0.05) is 58.8 Å². The van der Waals surface area contributed by atoms with E-state index in [2.05, 4.69) is 58.3 Å². The van der Waals surface area contributed by atoms with Crippen molar-refractivity contribution in [3.63, 3.8) is 0 Å². The lowest BCUT2D eigenvalue weighted by molar-refractivity contribution is -0.375. The average Bonchev–Trinajstić information content (AvgIpc) is 1.75. The molecule has 0 spiro atoms. The minimum absolute atomic E-state index is 0.00561. The topological polar surface area (TPSA) is 410 Å². The Morgan fingerprint density at radius 3 is 1.79 bits per heavy atom. The lowest BCUT2D eigenvalue weighted by Crippen LogP contribution is -2.68. The van der Waals surface area contributed by atoms with Crippen LogP contribution in [0.4, 0.5) is 0 Å². The van der Waals surface area contributed by atoms with E-state index < -0.39 is 198 Å². The molecule has 0 bridgehead atoms. The van der Waals surface area contributed by atoms with Crippen molar-refractivity contribution in [2.24, 2.45) is 45.3 Å². The third kappa shape index (κ3) is 13.6. The van der Waals surface area contributed by atoms with Gasteiger partial charge in [0.05, 0.1) is 39.1 Å². The van der Waals surface area contributed by atoms with Crippen LogP contribution in [0, 0.1) is 45.3 Å². The molecule has 9 aliphatic rings. The standard InChI is InChI=1S/C62H100N2O25/c1-26(2)19-30(69)20-27(3)31-13-17-62(10)33-11-12-39-59(6,7)40(15-16-60(39,8)32(33)14-18-61(31,62)9)87-58-53(47(75)38(25-82-58)86-54-41(63-28(4)67)48(76)44(72)35(21-65)83-54)88-55-42(64-29(5)68)49(77)46(74)37(85-55)24-81-57-52(43(71)34(70)23-80-57)89-56-51(79)50(78)45(73)36(22-66)84-56/h14,19,27,31,33-58,65-66,70-79H,11-13,15-18,20-25H2,1-10H3,(H,63,67)(H,64,68)/t27-,31-,33?,34-,35-,36-,37-,38-,39?,40+,41-,42-,43+,44+,45-,46-,47+,48-,49-,50+,51-,52-,53-,54+,55+,56+,57+,58+,60-,61-,62+/m1/s1. The average molecular weight is 1270 g/mol. The number of aliphatic hydroxyl groups is 12. The summed E-state index contributed by atoms with van der Waals surface area (Å²) >= 11 is 0. The summed E-state index contributed by atoms with van der Waals surface area (Å²) in [4.78, 5) is 38.5. The summed E-state index contributed by atoms with van der Waals surface area (Å²) in [6, 6.07) is -3.01. The van der Waals surface area contributed by atoms with Gasteiger partial charge in [-0.3, -0.25) is 14.4 Å². The first kappa shape index (κ1) is 70.5. The van der Waals surface area contributed by atoms with Crippen LogP contribution in [0.3, 0.4) is 0 Å². The van der Waals surface area contributed by atoms with E-state index in [0.717, 1.165) is 57.9 Å². The first-order valence-corrected chi connectivity index (χ1v) is 31.7. The number of carbonyl (C=O) groups is 3. The van der Waals surface area contributed by atoms with E-state index in [-0.39, 0.29) is 33.9 Å². The highest BCUT2D eigenvalue weighted by atomic mass is 16.8. The van der Waals surface area contributed by atoms with E-state index in [1.807, 2.05) is 13.8 Å². The van der Waals surface area contributed by atoms with Crippen molar-refractivity contribution in [1.82, 2.24) is 10.6 Å². The summed E-state index contributed by atoms with van der Waals surface area (Å²) in [7, 11) is 0. The highest BCUT2D eigenvalue weighted by molar-refractivity contribution is 5.90. The van der Waals surface area contributed by atoms with E-state index in [0.29, 0.717) is 24.7 Å². The van der Waals surface area contributed by atoms with Gasteiger partial charge >= 0.3 is 0 Å². The number of nitrogens with one attached hydrogen (secondary N) is 2. The van der Waals surface area contributed by atoms with Crippen molar-refractivity contribution in [1.29, 1.82) is 0 Å². The number of ether oxygens (including phenoxy) is 10. The Balaban J connectivity index is 0.979. The number of hydrogen-bond donors (Lipinski definition) is 14. The maximum Gasteiger partial charge on any atom is 0.217 e. The van der Waals surface area contributed by atoms with E-state index >= 15 is 0 Å². The molecule has 89 heavy (non-hydrogen) atoms. The van der Waals surface area contributed by atoms with Gasteiger partial charge in [0.25, 0.3) is 0 Å². The number of aliphatic hydroxyl groups excluding tert-OH is 12. The molecule has 27 heteroatoms. The fourth-order valence-electron chi connectivity index (χ4n) is 17.1. The number of amides is 2. The smallest absolute Gasteiger partial charge is 0.217 e. The first-order valence-electron chi connectivity index (χ1n) is 31.7. The fourth-order valence-corrected chi connectivity index (χ4v) is 17.1. The van der Waals surface area contributed by atoms with Crippen molar-refractivity contribution in [3.05, 3.63) is 23.3 Å². The van der Waals surface area contributed by atoms with Crippen LogP contribution in [0.25, 0.3) is 0 Å². The van der Waals surface area contributed by atoms with Gasteiger partial charge < -0.3 is 119 Å². The van der Waals surface area contributed by atoms with Crippen LogP contribution in [0.1, 0.15) is 121 Å². The normalized spacial score (nSPS) is 48.4. The van der Waals surface area contributed by atoms with Gasteiger partial charge in [0.15, 0.2) is 37.2 Å². The molecular weight excluding hydrogens is 1170 g/mol. The predicted octanol–water partition coefficient (Wildman–Crippen LogP) is -1.80. The van der Waals surface area contributed by atoms with E-state index in [1.165, 1.54) is 5.57 Å². The Hall–Kier alpha value is -2.79. The minimum Gasteiger partial charge on any atom is -0.394 e. The van der Waals surface area contributed by atoms with Gasteiger partial charge in [0, 0.05) is 20.3 Å². The molecule has 0 aromatic rings. The van der Waals surface area contributed by atoms with Crippen molar-refractivity contribution >= 4 is 17.6 Å². The molecule has 8 fully saturated rings. The van der Waals surface area contributed by atoms with Crippen LogP contribution in [-0.4, -0.2) is 259 Å². The summed E-state index contributed by atoms with van der Waals surface area (Å²) in [6.45, 7) is 16.9. The summed E-state index contributed by atoms with van der Waals surface area (Å²) < 4.78 is 61.8. The first-order chi connectivity index (χ1) is 41.8. The van der Waals surface area contributed by atoms with Crippen LogP contribution in [0.15, 0.2) is 23.3 Å². The van der Waals surface area contributed by atoms with Crippen LogP contribution in [-0.2, 0) is 61.8 Å². The summed E-state index contributed by atoms with van der Waals surface area (Å²) in [5.41, 5.74) is 1.70. The molecule has 0 aromatic carbocycles. The van der Waals surface area contributed by atoms with E-state index in [1.54, 1.807) is 6.08 Å². The molecule has 2 unspecified atom stereocenters. The predicted molar refractivity (Wildman–Crippen MR) is 308 cm³/mol. The highest BCUT2D eigenvalue weighted by Crippen LogP contribution is 2.73. The minimum atomic E-state index is -1.93. The van der Waals surface area contributed by atoms with Crippen molar-refractivity contribution in [2.45, 2.75) is 268 Å². The van der Waals surface area contributed by atoms with E-state index in [4.69, 9.17) is 47.4 Å². The molecule has 9 rings (SSSR count). The SMILES string of the molecule is CC(=O)N[C@H]1[C@H](O[C@@H]2CO[C@@H](O[C@H]3CC[C@]4(C)C5=CC[C@]6(C)[C@@H]([C@H](C)CC(=O)C=C(C)C)CC[C@@]6(C)C5CCC4C3(C)C)[C@H](O[C@@H]3O[C@H](CO[C@@H]4OC[C@@H](O)[C@H](O)[C@H]4O[C@@H]4O[C@H](CO)[C@@H](O)[C@H](O)[C@H]4O)[C@@H](O)[C@H](O)[C@H]3NC(C)=O)[C@H]2O)O[C@H](CO)[C@H](O)[C@@H]1O. The van der Waals surface area contributed by atoms with Gasteiger partial charge in [-0.2, -0.15) is 0 Å². The van der Waals surface area contributed by atoms with Gasteiger partial charge in [0.2, 0.25) is 11.8 Å². The zero-order valence-corrected chi connectivity index (χ0v) is 52.7. The van der Waals surface area contributed by atoms with E-state index in [9.17, 15) is 75.7 Å². The van der Waals surface area contributed by atoms with Gasteiger partial charge in [-0.25, -0.2) is 0 Å². The van der Waals surface area contributed by atoms with Crippen molar-refractivity contribution < 1.29 is 123 Å². The van der Waals surface area contributed by atoms with Crippen LogP contribution in [0.2, 0.25) is 0 Å². The molecule has 2 amide bonds. The number of carbonyl (C=O) groups excluding carboxylic acids is 3. The maximum absolute atomic E-state index is 13.1. The van der Waals surface area contributed by atoms with Gasteiger partial charge in [-0.05, 0) is 110 Å². The molecule has 4 aliphatic carbocycles. The molecule has 5 saturated heterocycles. The second-order valence-electron chi connectivity index (χ2n) is 28.3. The molecular formula is C62H100N2O25. The molecule has 3 saturated carbocycles. The van der Waals surface area contributed by atoms with Crippen LogP contribution < -0.4 is 10.6 Å². The molecule has 0 radical (unpaired) electrons. The van der Waals surface area contributed by atoms with Crippen molar-refractivity contribution in [2.75, 3.05) is 33.0 Å². The number of allylic oxidation sites excluding steroid dienone is 4. The number of hydrogen-bond acceptors (Lipinski definition) is 25. The number of rotatable bonds is 19. The van der Waals surface area contributed by atoms with Crippen LogP contribution >= 0.6 is 0 Å². The summed E-state index contributed by atoms with van der Waals surface area (Å²) in [5.74, 6) is -0.117. The molecule has 508 valence electrons. The second-order valence-corrected chi connectivity index (χ2v) is 28.3. The Morgan fingerprint density at radius 1 is 0.607 bits per heavy atom. The quantitative estimate of drug-likeness (QED) is 0.0385. The Kier molecular flexibility index (Phi) is 22.1. The Morgan fingerprint density at radius 2 is 1.17 bits per heavy atom. The maximum atomic E-state index is 13.1. The lowest BCUT2D eigenvalue weighted by atomic mass is 9.41. The molecule has 31 atom stereocenters. The number of ketones is 1.